The molecule has 0 bridgehead atoms. The molecule has 0 spiro atoms. The molecule has 0 atom stereocenters. The number of carbonyl (C=O) groups excluding carboxylic acids is 1. The molecule has 0 radical (unpaired) electrons. The minimum absolute atomic E-state index is 0.0803. The smallest absolute Gasteiger partial charge is 0.251 e. The lowest BCUT2D eigenvalue weighted by atomic mass is 10.1. The Bertz CT molecular complexity index is 1390. The molecule has 0 fully saturated rings. The van der Waals surface area contributed by atoms with Gasteiger partial charge in [-0.05, 0) is 42.8 Å². The van der Waals surface area contributed by atoms with Crippen molar-refractivity contribution in [3.8, 4) is 11.3 Å². The number of amides is 1. The summed E-state index contributed by atoms with van der Waals surface area (Å²) in [6, 6.07) is 22.1. The minimum Gasteiger partial charge on any atom is -0.348 e. The van der Waals surface area contributed by atoms with Crippen molar-refractivity contribution in [1.82, 2.24) is 14.7 Å². The van der Waals surface area contributed by atoms with Gasteiger partial charge in [0.2, 0.25) is 0 Å². The van der Waals surface area contributed by atoms with E-state index in [1.54, 1.807) is 11.3 Å². The van der Waals surface area contributed by atoms with E-state index in [0.717, 1.165) is 36.5 Å². The lowest BCUT2D eigenvalue weighted by Gasteiger charge is -2.06. The summed E-state index contributed by atoms with van der Waals surface area (Å²) in [6.07, 6.45) is 2.06. The van der Waals surface area contributed by atoms with Gasteiger partial charge in [0, 0.05) is 28.3 Å². The van der Waals surface area contributed by atoms with Crippen LogP contribution in [0.3, 0.4) is 0 Å². The Labute approximate surface area is 186 Å². The highest BCUT2D eigenvalue weighted by Crippen LogP contribution is 2.30. The first-order valence-corrected chi connectivity index (χ1v) is 11.2. The zero-order valence-corrected chi connectivity index (χ0v) is 18.6. The van der Waals surface area contributed by atoms with Crippen molar-refractivity contribution in [2.75, 3.05) is 0 Å². The van der Waals surface area contributed by atoms with E-state index in [4.69, 9.17) is 4.98 Å². The molecule has 148 valence electrons. The van der Waals surface area contributed by atoms with Crippen molar-refractivity contribution in [1.29, 1.82) is 0 Å². The van der Waals surface area contributed by atoms with E-state index in [9.17, 15) is 4.79 Å². The number of aromatic nitrogens is 2. The highest BCUT2D eigenvalue weighted by atomic mass is 79.9. The van der Waals surface area contributed by atoms with E-state index >= 15 is 0 Å². The van der Waals surface area contributed by atoms with Crippen molar-refractivity contribution in [3.63, 3.8) is 0 Å². The summed E-state index contributed by atoms with van der Waals surface area (Å²) in [7, 11) is 0. The molecule has 4 nitrogen and oxygen atoms in total. The number of rotatable bonds is 4. The van der Waals surface area contributed by atoms with Crippen molar-refractivity contribution < 1.29 is 4.79 Å². The molecule has 30 heavy (non-hydrogen) atoms. The number of aryl methyl sites for hydroxylation is 1. The molecule has 6 heteroatoms. The van der Waals surface area contributed by atoms with Gasteiger partial charge in [-0.2, -0.15) is 0 Å². The number of nitrogens with zero attached hydrogens (tertiary/aromatic N) is 2. The molecule has 2 aromatic heterocycles. The van der Waals surface area contributed by atoms with Crippen LogP contribution in [-0.2, 0) is 6.54 Å². The second kappa shape index (κ2) is 7.70. The third-order valence-corrected chi connectivity index (χ3v) is 6.56. The van der Waals surface area contributed by atoms with Gasteiger partial charge in [-0.3, -0.25) is 9.20 Å². The van der Waals surface area contributed by atoms with Gasteiger partial charge in [0.15, 0.2) is 4.96 Å². The largest absolute Gasteiger partial charge is 0.348 e. The van der Waals surface area contributed by atoms with Gasteiger partial charge < -0.3 is 5.32 Å². The van der Waals surface area contributed by atoms with Crippen LogP contribution in [0.4, 0.5) is 0 Å². The monoisotopic (exact) mass is 475 g/mol. The zero-order valence-electron chi connectivity index (χ0n) is 16.2. The topological polar surface area (TPSA) is 46.4 Å². The lowest BCUT2D eigenvalue weighted by Crippen LogP contribution is -2.22. The van der Waals surface area contributed by atoms with Crippen LogP contribution in [0.1, 0.15) is 21.5 Å². The quantitative estimate of drug-likeness (QED) is 0.335. The third kappa shape index (κ3) is 3.64. The number of hydrogen-bond donors (Lipinski definition) is 1. The van der Waals surface area contributed by atoms with Gasteiger partial charge in [-0.25, -0.2) is 4.98 Å². The lowest BCUT2D eigenvalue weighted by molar-refractivity contribution is 0.0951. The molecule has 1 N–H and O–H groups in total. The Balaban J connectivity index is 1.40. The van der Waals surface area contributed by atoms with Gasteiger partial charge in [-0.15, -0.1) is 0 Å². The number of imidazole rings is 1. The van der Waals surface area contributed by atoms with E-state index in [1.807, 2.05) is 42.5 Å². The van der Waals surface area contributed by atoms with Gasteiger partial charge in [0.1, 0.15) is 0 Å². The van der Waals surface area contributed by atoms with Crippen LogP contribution in [0.5, 0.6) is 0 Å². The summed E-state index contributed by atoms with van der Waals surface area (Å²) in [5.41, 5.74) is 6.06. The van der Waals surface area contributed by atoms with Gasteiger partial charge in [0.25, 0.3) is 5.91 Å². The number of carbonyl (C=O) groups is 1. The van der Waals surface area contributed by atoms with Crippen molar-refractivity contribution in [2.24, 2.45) is 0 Å². The SMILES string of the molecule is Cc1ccc(-c2cn3c(n2)sc2cc(C(=O)NCc4cccc(Br)c4)ccc23)cc1. The minimum atomic E-state index is -0.0803. The third-order valence-electron chi connectivity index (χ3n) is 5.05. The molecule has 5 rings (SSSR count). The summed E-state index contributed by atoms with van der Waals surface area (Å²) in [4.78, 5) is 18.3. The van der Waals surface area contributed by atoms with Crippen LogP contribution in [0.25, 0.3) is 26.4 Å². The molecule has 3 aromatic carbocycles. The van der Waals surface area contributed by atoms with Crippen LogP contribution < -0.4 is 5.32 Å². The van der Waals surface area contributed by atoms with E-state index in [2.05, 4.69) is 63.0 Å². The Kier molecular flexibility index (Phi) is 4.89. The van der Waals surface area contributed by atoms with Crippen LogP contribution in [0.15, 0.2) is 77.4 Å². The summed E-state index contributed by atoms with van der Waals surface area (Å²) in [6.45, 7) is 2.57. The molecular formula is C24H18BrN3OS. The first-order valence-electron chi connectivity index (χ1n) is 9.58. The van der Waals surface area contributed by atoms with Crippen molar-refractivity contribution >= 4 is 48.4 Å². The summed E-state index contributed by atoms with van der Waals surface area (Å²) in [5.74, 6) is -0.0803. The molecule has 0 saturated heterocycles. The maximum absolute atomic E-state index is 12.6. The first kappa shape index (κ1) is 19.0. The molecular weight excluding hydrogens is 458 g/mol. The van der Waals surface area contributed by atoms with E-state index in [1.165, 1.54) is 5.56 Å². The highest BCUT2D eigenvalue weighted by Gasteiger charge is 2.13. The fourth-order valence-electron chi connectivity index (χ4n) is 3.44. The molecule has 0 aliphatic carbocycles. The molecule has 0 saturated carbocycles. The van der Waals surface area contributed by atoms with Crippen LogP contribution in [0, 0.1) is 6.92 Å². The maximum Gasteiger partial charge on any atom is 0.251 e. The van der Waals surface area contributed by atoms with E-state index in [-0.39, 0.29) is 5.91 Å². The average Bonchev–Trinajstić information content (AvgIpc) is 3.30. The Hall–Kier alpha value is -2.96. The maximum atomic E-state index is 12.6. The number of halogens is 1. The molecule has 5 aromatic rings. The van der Waals surface area contributed by atoms with Crippen molar-refractivity contribution in [3.05, 3.63) is 94.1 Å². The number of hydrogen-bond acceptors (Lipinski definition) is 3. The Morgan fingerprint density at radius 3 is 2.73 bits per heavy atom. The normalized spacial score (nSPS) is 11.3. The molecule has 0 unspecified atom stereocenters. The number of fused-ring (bicyclic) bond motifs is 3. The van der Waals surface area contributed by atoms with E-state index < -0.39 is 0 Å². The van der Waals surface area contributed by atoms with Crippen LogP contribution >= 0.6 is 27.3 Å². The number of thiazole rings is 1. The number of nitrogens with one attached hydrogen (secondary N) is 1. The fraction of sp³-hybridized carbons (Fsp3) is 0.0833. The van der Waals surface area contributed by atoms with Crippen LogP contribution in [0.2, 0.25) is 0 Å². The van der Waals surface area contributed by atoms with Gasteiger partial charge in [-0.1, -0.05) is 69.2 Å². The van der Waals surface area contributed by atoms with Gasteiger partial charge in [0.05, 0.1) is 15.9 Å². The Morgan fingerprint density at radius 1 is 1.10 bits per heavy atom. The van der Waals surface area contributed by atoms with Gasteiger partial charge >= 0.3 is 0 Å². The average molecular weight is 476 g/mol. The summed E-state index contributed by atoms with van der Waals surface area (Å²) >= 11 is 5.05. The Morgan fingerprint density at radius 2 is 1.93 bits per heavy atom. The molecule has 1 amide bonds. The number of benzene rings is 3. The highest BCUT2D eigenvalue weighted by molar-refractivity contribution is 9.10. The van der Waals surface area contributed by atoms with Crippen molar-refractivity contribution in [2.45, 2.75) is 13.5 Å². The molecule has 0 aliphatic heterocycles. The zero-order chi connectivity index (χ0) is 20.7. The standard InChI is InChI=1S/C24H18BrN3OS/c1-15-5-7-17(8-6-15)20-14-28-21-10-9-18(12-22(21)30-24(28)27-20)23(29)26-13-16-3-2-4-19(25)11-16/h2-12,14H,13H2,1H3,(H,26,29). The predicted molar refractivity (Wildman–Crippen MR) is 126 cm³/mol. The summed E-state index contributed by atoms with van der Waals surface area (Å²) in [5, 5.41) is 2.99. The van der Waals surface area contributed by atoms with E-state index in [0.29, 0.717) is 12.1 Å². The fourth-order valence-corrected chi connectivity index (χ4v) is 4.93. The second-order valence-corrected chi connectivity index (χ2v) is 9.17. The first-order chi connectivity index (χ1) is 14.6. The summed E-state index contributed by atoms with van der Waals surface area (Å²) < 4.78 is 4.14. The second-order valence-electron chi connectivity index (χ2n) is 7.24. The van der Waals surface area contributed by atoms with Crippen LogP contribution in [-0.4, -0.2) is 15.3 Å². The molecule has 2 heterocycles. The molecule has 0 aliphatic rings. The predicted octanol–water partition coefficient (Wildman–Crippen LogP) is 6.22.